The highest BCUT2D eigenvalue weighted by molar-refractivity contribution is 7.99. The fourth-order valence-corrected chi connectivity index (χ4v) is 3.92. The SMILES string of the molecule is CCC(NCSCCNC(=O)c1ccc(-n2cccn2)c(C#Cc2ccccc2)c1)=C(C)C. The van der Waals surface area contributed by atoms with E-state index < -0.39 is 0 Å². The number of nitrogens with zero attached hydrogens (tertiary/aromatic N) is 2. The number of carbonyl (C=O) groups excluding carboxylic acids is 1. The molecular weight excluding hydrogens is 428 g/mol. The van der Waals surface area contributed by atoms with Gasteiger partial charge >= 0.3 is 0 Å². The molecule has 0 atom stereocenters. The van der Waals surface area contributed by atoms with E-state index in [1.807, 2.05) is 60.8 Å². The molecule has 0 bridgehead atoms. The first-order chi connectivity index (χ1) is 16.1. The number of aromatic nitrogens is 2. The van der Waals surface area contributed by atoms with Crippen LogP contribution >= 0.6 is 11.8 Å². The molecule has 3 rings (SSSR count). The maximum absolute atomic E-state index is 12.7. The van der Waals surface area contributed by atoms with E-state index in [0.29, 0.717) is 12.1 Å². The van der Waals surface area contributed by atoms with Crippen LogP contribution in [-0.2, 0) is 0 Å². The number of amides is 1. The summed E-state index contributed by atoms with van der Waals surface area (Å²) in [4.78, 5) is 12.7. The third-order valence-corrected chi connectivity index (χ3v) is 5.84. The van der Waals surface area contributed by atoms with E-state index in [1.54, 1.807) is 22.6 Å². The zero-order valence-electron chi connectivity index (χ0n) is 19.4. The number of rotatable bonds is 9. The summed E-state index contributed by atoms with van der Waals surface area (Å²) in [5.74, 6) is 7.97. The van der Waals surface area contributed by atoms with Crippen LogP contribution in [0.4, 0.5) is 0 Å². The second-order valence-electron chi connectivity index (χ2n) is 7.62. The Balaban J connectivity index is 1.64. The molecule has 2 aromatic carbocycles. The summed E-state index contributed by atoms with van der Waals surface area (Å²) in [7, 11) is 0. The maximum Gasteiger partial charge on any atom is 0.251 e. The van der Waals surface area contributed by atoms with Crippen molar-refractivity contribution < 1.29 is 4.79 Å². The van der Waals surface area contributed by atoms with Crippen LogP contribution in [0.2, 0.25) is 0 Å². The van der Waals surface area contributed by atoms with Crippen molar-refractivity contribution in [2.75, 3.05) is 18.2 Å². The first-order valence-corrected chi connectivity index (χ1v) is 12.2. The van der Waals surface area contributed by atoms with Gasteiger partial charge in [-0.2, -0.15) is 5.10 Å². The highest BCUT2D eigenvalue weighted by Gasteiger charge is 2.10. The number of hydrogen-bond acceptors (Lipinski definition) is 4. The molecule has 0 aliphatic rings. The van der Waals surface area contributed by atoms with Gasteiger partial charge in [-0.05, 0) is 56.7 Å². The third-order valence-electron chi connectivity index (χ3n) is 5.00. The fraction of sp³-hybridized carbons (Fsp3) is 0.259. The Morgan fingerprint density at radius 1 is 1.06 bits per heavy atom. The molecule has 0 fully saturated rings. The minimum Gasteiger partial charge on any atom is -0.379 e. The monoisotopic (exact) mass is 458 g/mol. The van der Waals surface area contributed by atoms with Crippen molar-refractivity contribution in [1.29, 1.82) is 0 Å². The fourth-order valence-electron chi connectivity index (χ4n) is 3.25. The molecule has 2 N–H and O–H groups in total. The summed E-state index contributed by atoms with van der Waals surface area (Å²) < 4.78 is 1.76. The first-order valence-electron chi connectivity index (χ1n) is 11.1. The number of benzene rings is 2. The Labute approximate surface area is 200 Å². The van der Waals surface area contributed by atoms with Crippen LogP contribution in [0.15, 0.2) is 78.3 Å². The van der Waals surface area contributed by atoms with Crippen molar-refractivity contribution in [2.24, 2.45) is 0 Å². The summed E-state index contributed by atoms with van der Waals surface area (Å²) in [6.45, 7) is 6.99. The Morgan fingerprint density at radius 2 is 1.88 bits per heavy atom. The third kappa shape index (κ3) is 7.30. The lowest BCUT2D eigenvalue weighted by molar-refractivity contribution is 0.0956. The van der Waals surface area contributed by atoms with Crippen LogP contribution in [0, 0.1) is 11.8 Å². The minimum absolute atomic E-state index is 0.100. The smallest absolute Gasteiger partial charge is 0.251 e. The van der Waals surface area contributed by atoms with Crippen LogP contribution in [0.25, 0.3) is 5.69 Å². The van der Waals surface area contributed by atoms with Crippen LogP contribution in [0.3, 0.4) is 0 Å². The van der Waals surface area contributed by atoms with Gasteiger partial charge in [0, 0.05) is 41.5 Å². The Bertz CT molecular complexity index is 1140. The molecule has 0 saturated heterocycles. The summed E-state index contributed by atoms with van der Waals surface area (Å²) in [5.41, 5.74) is 5.70. The molecule has 0 aliphatic carbocycles. The number of hydrogen-bond donors (Lipinski definition) is 2. The second kappa shape index (κ2) is 12.6. The van der Waals surface area contributed by atoms with Gasteiger partial charge in [-0.1, -0.05) is 42.5 Å². The van der Waals surface area contributed by atoms with Gasteiger partial charge in [0.1, 0.15) is 0 Å². The molecule has 0 radical (unpaired) electrons. The lowest BCUT2D eigenvalue weighted by Crippen LogP contribution is -2.26. The van der Waals surface area contributed by atoms with Crippen molar-refractivity contribution in [3.63, 3.8) is 0 Å². The highest BCUT2D eigenvalue weighted by atomic mass is 32.2. The molecule has 0 aliphatic heterocycles. The van der Waals surface area contributed by atoms with Gasteiger partial charge < -0.3 is 10.6 Å². The van der Waals surface area contributed by atoms with Gasteiger partial charge in [0.15, 0.2) is 0 Å². The van der Waals surface area contributed by atoms with Crippen LogP contribution in [0.5, 0.6) is 0 Å². The zero-order valence-corrected chi connectivity index (χ0v) is 20.2. The average molecular weight is 459 g/mol. The van der Waals surface area contributed by atoms with Crippen molar-refractivity contribution in [2.45, 2.75) is 27.2 Å². The van der Waals surface area contributed by atoms with Crippen molar-refractivity contribution in [3.05, 3.63) is 95.0 Å². The second-order valence-corrected chi connectivity index (χ2v) is 8.72. The molecule has 0 spiro atoms. The van der Waals surface area contributed by atoms with Gasteiger partial charge in [0.2, 0.25) is 0 Å². The topological polar surface area (TPSA) is 58.9 Å². The molecule has 0 saturated carbocycles. The summed E-state index contributed by atoms with van der Waals surface area (Å²) in [6, 6.07) is 17.2. The van der Waals surface area contributed by atoms with Crippen LogP contribution in [-0.4, -0.2) is 33.9 Å². The molecule has 170 valence electrons. The molecule has 0 unspecified atom stereocenters. The van der Waals surface area contributed by atoms with E-state index in [2.05, 4.69) is 48.3 Å². The zero-order chi connectivity index (χ0) is 23.5. The van der Waals surface area contributed by atoms with E-state index in [1.165, 1.54) is 11.3 Å². The summed E-state index contributed by atoms with van der Waals surface area (Å²) in [6.07, 6.45) is 4.60. The standard InChI is InChI=1S/C27H30N4OS/c1-4-25(21(2)3)29-20-33-18-16-28-27(32)24-13-14-26(31-17-8-15-30-31)23(19-24)12-11-22-9-6-5-7-10-22/h5-10,13-15,17,19,29H,4,16,18,20H2,1-3H3,(H,28,32). The molecule has 3 aromatic rings. The van der Waals surface area contributed by atoms with Gasteiger partial charge in [-0.3, -0.25) is 4.79 Å². The van der Waals surface area contributed by atoms with Crippen molar-refractivity contribution in [3.8, 4) is 17.5 Å². The molecule has 1 heterocycles. The van der Waals surface area contributed by atoms with Crippen LogP contribution in [0.1, 0.15) is 48.7 Å². The van der Waals surface area contributed by atoms with Crippen molar-refractivity contribution >= 4 is 17.7 Å². The van der Waals surface area contributed by atoms with E-state index >= 15 is 0 Å². The largest absolute Gasteiger partial charge is 0.379 e. The van der Waals surface area contributed by atoms with Crippen molar-refractivity contribution in [1.82, 2.24) is 20.4 Å². The van der Waals surface area contributed by atoms with Crippen LogP contribution < -0.4 is 10.6 Å². The lowest BCUT2D eigenvalue weighted by Gasteiger charge is -2.11. The molecular formula is C27H30N4OS. The summed E-state index contributed by atoms with van der Waals surface area (Å²) in [5, 5.41) is 10.8. The Hall–Kier alpha value is -3.43. The maximum atomic E-state index is 12.7. The number of allylic oxidation sites excluding steroid dienone is 2. The molecule has 1 aromatic heterocycles. The Morgan fingerprint density at radius 3 is 2.58 bits per heavy atom. The number of thioether (sulfide) groups is 1. The van der Waals surface area contributed by atoms with E-state index in [9.17, 15) is 4.79 Å². The molecule has 1 amide bonds. The first kappa shape index (κ1) is 24.2. The summed E-state index contributed by atoms with van der Waals surface area (Å²) >= 11 is 1.77. The minimum atomic E-state index is -0.100. The quantitative estimate of drug-likeness (QED) is 0.270. The van der Waals surface area contributed by atoms with Gasteiger partial charge in [0.25, 0.3) is 5.91 Å². The predicted octanol–water partition coefficient (Wildman–Crippen LogP) is 4.99. The normalized spacial score (nSPS) is 10.2. The molecule has 6 heteroatoms. The van der Waals surface area contributed by atoms with Gasteiger partial charge in [-0.25, -0.2) is 4.68 Å². The number of carbonyl (C=O) groups is 1. The lowest BCUT2D eigenvalue weighted by atomic mass is 10.1. The molecule has 33 heavy (non-hydrogen) atoms. The molecule has 5 nitrogen and oxygen atoms in total. The van der Waals surface area contributed by atoms with E-state index in [4.69, 9.17) is 0 Å². The number of nitrogens with one attached hydrogen (secondary N) is 2. The van der Waals surface area contributed by atoms with Gasteiger partial charge in [-0.15, -0.1) is 11.8 Å². The van der Waals surface area contributed by atoms with E-state index in [-0.39, 0.29) is 5.91 Å². The average Bonchev–Trinajstić information content (AvgIpc) is 3.37. The van der Waals surface area contributed by atoms with E-state index in [0.717, 1.165) is 34.9 Å². The highest BCUT2D eigenvalue weighted by Crippen LogP contribution is 2.16. The predicted molar refractivity (Wildman–Crippen MR) is 137 cm³/mol. The van der Waals surface area contributed by atoms with Gasteiger partial charge in [0.05, 0.1) is 17.1 Å². The Kier molecular flexibility index (Phi) is 9.22.